The molecule has 1 N–H and O–H groups in total. The van der Waals surface area contributed by atoms with Crippen molar-refractivity contribution < 1.29 is 9.53 Å². The molecule has 1 aromatic heterocycles. The van der Waals surface area contributed by atoms with Crippen LogP contribution in [-0.2, 0) is 4.79 Å². The average Bonchev–Trinajstić information content (AvgIpc) is 3.14. The molecule has 0 atom stereocenters. The van der Waals surface area contributed by atoms with Crippen LogP contribution in [-0.4, -0.2) is 36.0 Å². The first kappa shape index (κ1) is 18.2. The van der Waals surface area contributed by atoms with Crippen LogP contribution in [0.25, 0.3) is 0 Å². The highest BCUT2D eigenvalue weighted by atomic mass is 32.2. The van der Waals surface area contributed by atoms with Gasteiger partial charge in [0.1, 0.15) is 5.75 Å². The van der Waals surface area contributed by atoms with Crippen molar-refractivity contribution in [3.05, 3.63) is 54.6 Å². The predicted molar refractivity (Wildman–Crippen MR) is 107 cm³/mol. The molecule has 1 heterocycles. The van der Waals surface area contributed by atoms with Crippen LogP contribution in [0.15, 0.2) is 58.9 Å². The maximum Gasteiger partial charge on any atom is 0.237 e. The Morgan fingerprint density at radius 1 is 1.15 bits per heavy atom. The number of ether oxygens (including phenoxy) is 1. The molecule has 0 aliphatic carbocycles. The van der Waals surface area contributed by atoms with Gasteiger partial charge < -0.3 is 15.0 Å². The van der Waals surface area contributed by atoms with E-state index in [1.54, 1.807) is 19.1 Å². The molecule has 1 amide bonds. The number of carbonyl (C=O) groups excluding carboxylic acids is 1. The molecule has 0 unspecified atom stereocenters. The molecule has 2 aromatic carbocycles. The van der Waals surface area contributed by atoms with E-state index in [-0.39, 0.29) is 5.91 Å². The van der Waals surface area contributed by atoms with E-state index in [0.29, 0.717) is 10.9 Å². The van der Waals surface area contributed by atoms with Gasteiger partial charge in [-0.1, -0.05) is 41.3 Å². The predicted octanol–water partition coefficient (Wildman–Crippen LogP) is 4.05. The third kappa shape index (κ3) is 4.74. The Bertz CT molecular complexity index is 853. The van der Waals surface area contributed by atoms with Gasteiger partial charge >= 0.3 is 0 Å². The minimum Gasteiger partial charge on any atom is -0.497 e. The number of aromatic nitrogens is 2. The van der Waals surface area contributed by atoms with Gasteiger partial charge in [0.05, 0.1) is 12.9 Å². The van der Waals surface area contributed by atoms with E-state index in [0.717, 1.165) is 21.5 Å². The fourth-order valence-corrected chi connectivity index (χ4v) is 3.82. The summed E-state index contributed by atoms with van der Waals surface area (Å²) in [5.41, 5.74) is 1.77. The van der Waals surface area contributed by atoms with Crippen LogP contribution < -0.4 is 15.0 Å². The summed E-state index contributed by atoms with van der Waals surface area (Å²) in [4.78, 5) is 14.0. The summed E-state index contributed by atoms with van der Waals surface area (Å²) >= 11 is 2.80. The lowest BCUT2D eigenvalue weighted by molar-refractivity contribution is -0.115. The Labute approximate surface area is 160 Å². The summed E-state index contributed by atoms with van der Waals surface area (Å²) in [6, 6.07) is 17.1. The minimum absolute atomic E-state index is 0.0149. The van der Waals surface area contributed by atoms with Crippen LogP contribution in [0.3, 0.4) is 0 Å². The maximum absolute atomic E-state index is 12.3. The first-order chi connectivity index (χ1) is 12.7. The van der Waals surface area contributed by atoms with Gasteiger partial charge in [-0.3, -0.25) is 4.79 Å². The fraction of sp³-hybridized carbons (Fsp3) is 0.167. The van der Waals surface area contributed by atoms with Gasteiger partial charge in [0, 0.05) is 18.4 Å². The molecule has 6 nitrogen and oxygen atoms in total. The molecule has 3 aromatic rings. The van der Waals surface area contributed by atoms with Gasteiger partial charge in [0.15, 0.2) is 4.34 Å². The van der Waals surface area contributed by atoms with Gasteiger partial charge in [-0.15, -0.1) is 10.2 Å². The molecule has 26 heavy (non-hydrogen) atoms. The number of hydrogen-bond acceptors (Lipinski definition) is 7. The van der Waals surface area contributed by atoms with E-state index in [2.05, 4.69) is 15.5 Å². The SMILES string of the molecule is COc1ccc(Nc2nnc(SCC(=O)N(C)c3ccccc3)s2)cc1. The van der Waals surface area contributed by atoms with Crippen LogP contribution >= 0.6 is 23.1 Å². The number of para-hydroxylation sites is 1. The second-order valence-electron chi connectivity index (χ2n) is 5.30. The van der Waals surface area contributed by atoms with E-state index in [9.17, 15) is 4.79 Å². The first-order valence-corrected chi connectivity index (χ1v) is 9.65. The Morgan fingerprint density at radius 2 is 1.88 bits per heavy atom. The Morgan fingerprint density at radius 3 is 2.58 bits per heavy atom. The normalized spacial score (nSPS) is 10.4. The van der Waals surface area contributed by atoms with Crippen molar-refractivity contribution >= 4 is 45.5 Å². The Kier molecular flexibility index (Phi) is 6.08. The topological polar surface area (TPSA) is 67.3 Å². The summed E-state index contributed by atoms with van der Waals surface area (Å²) in [5.74, 6) is 1.12. The van der Waals surface area contributed by atoms with E-state index in [1.165, 1.54) is 23.1 Å². The number of hydrogen-bond donors (Lipinski definition) is 1. The molecule has 0 spiro atoms. The third-order valence-electron chi connectivity index (χ3n) is 3.58. The molecular weight excluding hydrogens is 368 g/mol. The fourth-order valence-electron chi connectivity index (χ4n) is 2.13. The highest BCUT2D eigenvalue weighted by Gasteiger charge is 2.13. The number of carbonyl (C=O) groups is 1. The highest BCUT2D eigenvalue weighted by Crippen LogP contribution is 2.28. The van der Waals surface area contributed by atoms with Crippen LogP contribution in [0.2, 0.25) is 0 Å². The van der Waals surface area contributed by atoms with Crippen LogP contribution in [0.4, 0.5) is 16.5 Å². The number of thioether (sulfide) groups is 1. The van der Waals surface area contributed by atoms with Crippen LogP contribution in [0.1, 0.15) is 0 Å². The number of rotatable bonds is 7. The highest BCUT2D eigenvalue weighted by molar-refractivity contribution is 8.01. The first-order valence-electron chi connectivity index (χ1n) is 7.84. The van der Waals surface area contributed by atoms with Crippen molar-refractivity contribution in [3.8, 4) is 5.75 Å². The number of anilines is 3. The van der Waals surface area contributed by atoms with E-state index < -0.39 is 0 Å². The van der Waals surface area contributed by atoms with Crippen molar-refractivity contribution in [2.45, 2.75) is 4.34 Å². The lowest BCUT2D eigenvalue weighted by Gasteiger charge is -2.16. The van der Waals surface area contributed by atoms with E-state index >= 15 is 0 Å². The number of benzene rings is 2. The lowest BCUT2D eigenvalue weighted by Crippen LogP contribution is -2.27. The lowest BCUT2D eigenvalue weighted by atomic mass is 10.3. The molecule has 134 valence electrons. The molecule has 0 saturated carbocycles. The number of nitrogens with zero attached hydrogens (tertiary/aromatic N) is 3. The maximum atomic E-state index is 12.3. The second kappa shape index (κ2) is 8.68. The zero-order valence-corrected chi connectivity index (χ0v) is 16.0. The van der Waals surface area contributed by atoms with Crippen molar-refractivity contribution in [1.29, 1.82) is 0 Å². The van der Waals surface area contributed by atoms with Crippen molar-refractivity contribution in [2.75, 3.05) is 30.1 Å². The third-order valence-corrected chi connectivity index (χ3v) is 5.54. The number of nitrogens with one attached hydrogen (secondary N) is 1. The van der Waals surface area contributed by atoms with Gasteiger partial charge in [-0.2, -0.15) is 0 Å². The van der Waals surface area contributed by atoms with Gasteiger partial charge in [0.25, 0.3) is 0 Å². The van der Waals surface area contributed by atoms with Crippen molar-refractivity contribution in [2.24, 2.45) is 0 Å². The Balaban J connectivity index is 1.54. The average molecular weight is 387 g/mol. The van der Waals surface area contributed by atoms with Crippen LogP contribution in [0, 0.1) is 0 Å². The quantitative estimate of drug-likeness (QED) is 0.618. The second-order valence-corrected chi connectivity index (χ2v) is 7.50. The molecule has 8 heteroatoms. The zero-order valence-electron chi connectivity index (χ0n) is 14.4. The molecule has 3 rings (SSSR count). The van der Waals surface area contributed by atoms with Gasteiger partial charge in [0.2, 0.25) is 11.0 Å². The van der Waals surface area contributed by atoms with Crippen LogP contribution in [0.5, 0.6) is 5.75 Å². The summed E-state index contributed by atoms with van der Waals surface area (Å²) in [6.07, 6.45) is 0. The van der Waals surface area contributed by atoms with Crippen molar-refractivity contribution in [1.82, 2.24) is 10.2 Å². The molecular formula is C18H18N4O2S2. The summed E-state index contributed by atoms with van der Waals surface area (Å²) in [5, 5.41) is 12.1. The molecule has 0 aliphatic heterocycles. The molecule has 0 aliphatic rings. The van der Waals surface area contributed by atoms with E-state index in [1.807, 2.05) is 54.6 Å². The standard InChI is InChI=1S/C18H18N4O2S2/c1-22(14-6-4-3-5-7-14)16(23)12-25-18-21-20-17(26-18)19-13-8-10-15(24-2)11-9-13/h3-11H,12H2,1-2H3,(H,19,20). The minimum atomic E-state index is 0.0149. The molecule has 0 radical (unpaired) electrons. The largest absolute Gasteiger partial charge is 0.497 e. The van der Waals surface area contributed by atoms with Gasteiger partial charge in [-0.05, 0) is 36.4 Å². The summed E-state index contributed by atoms with van der Waals surface area (Å²) in [7, 11) is 3.40. The smallest absolute Gasteiger partial charge is 0.237 e. The molecule has 0 bridgehead atoms. The number of amides is 1. The summed E-state index contributed by atoms with van der Waals surface area (Å²) < 4.78 is 5.88. The molecule has 0 fully saturated rings. The molecule has 0 saturated heterocycles. The summed E-state index contributed by atoms with van der Waals surface area (Å²) in [6.45, 7) is 0. The number of methoxy groups -OCH3 is 1. The van der Waals surface area contributed by atoms with Crippen molar-refractivity contribution in [3.63, 3.8) is 0 Å². The zero-order chi connectivity index (χ0) is 18.4. The Hall–Kier alpha value is -2.58. The monoisotopic (exact) mass is 386 g/mol. The van der Waals surface area contributed by atoms with Gasteiger partial charge in [-0.25, -0.2) is 0 Å². The van der Waals surface area contributed by atoms with E-state index in [4.69, 9.17) is 4.74 Å².